The summed E-state index contributed by atoms with van der Waals surface area (Å²) in [6.45, 7) is 5.15. The molecule has 0 heterocycles. The number of hydrogen-bond acceptors (Lipinski definition) is 1. The van der Waals surface area contributed by atoms with Crippen LogP contribution < -0.4 is 5.32 Å². The summed E-state index contributed by atoms with van der Waals surface area (Å²) in [7, 11) is 0. The topological polar surface area (TPSA) is 12.0 Å². The first kappa shape index (κ1) is 12.5. The van der Waals surface area contributed by atoms with Crippen molar-refractivity contribution in [2.24, 2.45) is 11.8 Å². The van der Waals surface area contributed by atoms with Crippen LogP contribution in [-0.4, -0.2) is 6.54 Å². The Morgan fingerprint density at radius 2 is 1.94 bits per heavy atom. The predicted octanol–water partition coefficient (Wildman–Crippen LogP) is 3.66. The normalized spacial score (nSPS) is 19.1. The minimum absolute atomic E-state index is 0.0614. The second-order valence-electron chi connectivity index (χ2n) is 5.12. The molecule has 94 valence electrons. The highest BCUT2D eigenvalue weighted by atomic mass is 19.2. The van der Waals surface area contributed by atoms with E-state index in [-0.39, 0.29) is 6.04 Å². The van der Waals surface area contributed by atoms with Crippen LogP contribution >= 0.6 is 0 Å². The number of benzene rings is 1. The minimum atomic E-state index is -0.785. The lowest BCUT2D eigenvalue weighted by Crippen LogP contribution is -2.25. The Kier molecular flexibility index (Phi) is 3.77. The third-order valence-corrected chi connectivity index (χ3v) is 3.62. The van der Waals surface area contributed by atoms with Gasteiger partial charge in [-0.2, -0.15) is 0 Å². The molecule has 0 aliphatic heterocycles. The average Bonchev–Trinajstić information content (AvgIpc) is 3.13. The Bertz CT molecular complexity index is 388. The Morgan fingerprint density at radius 3 is 2.53 bits per heavy atom. The molecule has 0 aromatic heterocycles. The van der Waals surface area contributed by atoms with Gasteiger partial charge in [0.15, 0.2) is 11.6 Å². The van der Waals surface area contributed by atoms with Crippen molar-refractivity contribution in [1.82, 2.24) is 5.32 Å². The van der Waals surface area contributed by atoms with E-state index >= 15 is 0 Å². The van der Waals surface area contributed by atoms with Crippen LogP contribution in [0.5, 0.6) is 0 Å². The fraction of sp³-hybridized carbons (Fsp3) is 0.571. The summed E-state index contributed by atoms with van der Waals surface area (Å²) < 4.78 is 25.9. The molecule has 1 N–H and O–H groups in total. The van der Waals surface area contributed by atoms with E-state index in [0.29, 0.717) is 5.92 Å². The van der Waals surface area contributed by atoms with Crippen molar-refractivity contribution in [3.05, 3.63) is 35.4 Å². The van der Waals surface area contributed by atoms with Crippen molar-refractivity contribution in [3.63, 3.8) is 0 Å². The van der Waals surface area contributed by atoms with Crippen molar-refractivity contribution in [3.8, 4) is 0 Å². The van der Waals surface area contributed by atoms with Gasteiger partial charge in [0.2, 0.25) is 0 Å². The van der Waals surface area contributed by atoms with Crippen LogP contribution in [-0.2, 0) is 0 Å². The third kappa shape index (κ3) is 3.25. The van der Waals surface area contributed by atoms with Gasteiger partial charge in [-0.25, -0.2) is 8.78 Å². The molecule has 0 spiro atoms. The summed E-state index contributed by atoms with van der Waals surface area (Å²) in [5.41, 5.74) is 0.798. The maximum absolute atomic E-state index is 13.1. The molecule has 17 heavy (non-hydrogen) atoms. The maximum atomic E-state index is 13.1. The van der Waals surface area contributed by atoms with E-state index < -0.39 is 11.6 Å². The molecular weight excluding hydrogens is 220 g/mol. The van der Waals surface area contributed by atoms with Crippen LogP contribution in [0.4, 0.5) is 8.78 Å². The highest BCUT2D eigenvalue weighted by Gasteiger charge is 2.27. The van der Waals surface area contributed by atoms with Crippen molar-refractivity contribution < 1.29 is 8.78 Å². The van der Waals surface area contributed by atoms with E-state index in [2.05, 4.69) is 12.2 Å². The molecule has 3 heteroatoms. The van der Waals surface area contributed by atoms with Gasteiger partial charge < -0.3 is 5.32 Å². The average molecular weight is 239 g/mol. The molecule has 1 saturated carbocycles. The Balaban J connectivity index is 1.89. The molecule has 1 aliphatic carbocycles. The second-order valence-corrected chi connectivity index (χ2v) is 5.12. The quantitative estimate of drug-likeness (QED) is 0.826. The van der Waals surface area contributed by atoms with Crippen LogP contribution in [0.15, 0.2) is 18.2 Å². The molecule has 1 nitrogen and oxygen atoms in total. The Labute approximate surface area is 101 Å². The highest BCUT2D eigenvalue weighted by molar-refractivity contribution is 5.20. The molecule has 0 amide bonds. The first-order valence-corrected chi connectivity index (χ1v) is 6.26. The zero-order valence-electron chi connectivity index (χ0n) is 10.3. The number of nitrogens with one attached hydrogen (secondary N) is 1. The predicted molar refractivity (Wildman–Crippen MR) is 64.7 cm³/mol. The molecule has 2 atom stereocenters. The van der Waals surface area contributed by atoms with Gasteiger partial charge in [-0.15, -0.1) is 0 Å². The highest BCUT2D eigenvalue weighted by Crippen LogP contribution is 2.36. The Morgan fingerprint density at radius 1 is 1.24 bits per heavy atom. The summed E-state index contributed by atoms with van der Waals surface area (Å²) >= 11 is 0. The molecular formula is C14H19F2N. The van der Waals surface area contributed by atoms with Crippen molar-refractivity contribution in [1.29, 1.82) is 0 Å². The van der Waals surface area contributed by atoms with E-state index in [9.17, 15) is 8.78 Å². The van der Waals surface area contributed by atoms with Crippen molar-refractivity contribution >= 4 is 0 Å². The molecule has 0 radical (unpaired) electrons. The lowest BCUT2D eigenvalue weighted by atomic mass is 10.0. The maximum Gasteiger partial charge on any atom is 0.159 e. The van der Waals surface area contributed by atoms with Gasteiger partial charge in [-0.05, 0) is 55.8 Å². The summed E-state index contributed by atoms with van der Waals surface area (Å²) in [6.07, 6.45) is 2.67. The number of halogens is 2. The lowest BCUT2D eigenvalue weighted by Gasteiger charge is -2.18. The zero-order valence-corrected chi connectivity index (χ0v) is 10.3. The first-order chi connectivity index (χ1) is 8.08. The van der Waals surface area contributed by atoms with E-state index in [1.54, 1.807) is 6.07 Å². The molecule has 1 aliphatic rings. The van der Waals surface area contributed by atoms with Gasteiger partial charge in [-0.3, -0.25) is 0 Å². The molecule has 0 bridgehead atoms. The third-order valence-electron chi connectivity index (χ3n) is 3.62. The van der Waals surface area contributed by atoms with E-state index in [1.165, 1.54) is 25.0 Å². The van der Waals surface area contributed by atoms with Gasteiger partial charge in [0.1, 0.15) is 0 Å². The van der Waals surface area contributed by atoms with Crippen LogP contribution in [0.2, 0.25) is 0 Å². The van der Waals surface area contributed by atoms with E-state index in [1.807, 2.05) is 6.92 Å². The summed E-state index contributed by atoms with van der Waals surface area (Å²) in [6, 6.07) is 4.16. The standard InChI is InChI=1S/C14H19F2N/c1-9(11-3-4-11)8-17-10(2)12-5-6-13(15)14(16)7-12/h5-7,9-11,17H,3-4,8H2,1-2H3. The van der Waals surface area contributed by atoms with Crippen molar-refractivity contribution in [2.75, 3.05) is 6.54 Å². The molecule has 1 aromatic carbocycles. The molecule has 0 saturated heterocycles. The zero-order chi connectivity index (χ0) is 12.4. The fourth-order valence-corrected chi connectivity index (χ4v) is 2.09. The monoisotopic (exact) mass is 239 g/mol. The smallest absolute Gasteiger partial charge is 0.159 e. The molecule has 1 fully saturated rings. The van der Waals surface area contributed by atoms with Crippen LogP contribution in [0.3, 0.4) is 0 Å². The van der Waals surface area contributed by atoms with Gasteiger partial charge in [0, 0.05) is 6.04 Å². The van der Waals surface area contributed by atoms with E-state index in [0.717, 1.165) is 18.0 Å². The van der Waals surface area contributed by atoms with Crippen LogP contribution in [0, 0.1) is 23.5 Å². The van der Waals surface area contributed by atoms with Crippen molar-refractivity contribution in [2.45, 2.75) is 32.7 Å². The van der Waals surface area contributed by atoms with Gasteiger partial charge in [-0.1, -0.05) is 13.0 Å². The van der Waals surface area contributed by atoms with Gasteiger partial charge in [0.05, 0.1) is 0 Å². The summed E-state index contributed by atoms with van der Waals surface area (Å²) in [5, 5.41) is 3.38. The van der Waals surface area contributed by atoms with Gasteiger partial charge >= 0.3 is 0 Å². The first-order valence-electron chi connectivity index (χ1n) is 6.26. The molecule has 1 aromatic rings. The summed E-state index contributed by atoms with van der Waals surface area (Å²) in [4.78, 5) is 0. The SMILES string of the molecule is CC(NCC(C)C1CC1)c1ccc(F)c(F)c1. The fourth-order valence-electron chi connectivity index (χ4n) is 2.09. The largest absolute Gasteiger partial charge is 0.310 e. The molecule has 2 unspecified atom stereocenters. The van der Waals surface area contributed by atoms with E-state index in [4.69, 9.17) is 0 Å². The summed E-state index contributed by atoms with van der Waals surface area (Å²) in [5.74, 6) is -0.0268. The second kappa shape index (κ2) is 5.13. The lowest BCUT2D eigenvalue weighted by molar-refractivity contribution is 0.430. The number of hydrogen-bond donors (Lipinski definition) is 1. The van der Waals surface area contributed by atoms with Crippen LogP contribution in [0.25, 0.3) is 0 Å². The van der Waals surface area contributed by atoms with Gasteiger partial charge in [0.25, 0.3) is 0 Å². The molecule has 2 rings (SSSR count). The minimum Gasteiger partial charge on any atom is -0.310 e. The number of rotatable bonds is 5. The Hall–Kier alpha value is -0.960. The van der Waals surface area contributed by atoms with Crippen LogP contribution in [0.1, 0.15) is 38.3 Å².